The van der Waals surface area contributed by atoms with Gasteiger partial charge in [-0.2, -0.15) is 0 Å². The number of amides is 1. The Hall–Kier alpha value is -2.92. The molecule has 11 heteroatoms. The largest absolute Gasteiger partial charge is 0.326 e. The van der Waals surface area contributed by atoms with E-state index in [4.69, 9.17) is 11.6 Å². The molecule has 168 valence electrons. The summed E-state index contributed by atoms with van der Waals surface area (Å²) in [5.41, 5.74) is 0.628. The molecule has 3 N–H and O–H groups in total. The molecule has 0 radical (unpaired) electrons. The Morgan fingerprint density at radius 2 is 1.44 bits per heavy atom. The fourth-order valence-corrected chi connectivity index (χ4v) is 5.36. The lowest BCUT2D eigenvalue weighted by atomic mass is 10.2. The van der Waals surface area contributed by atoms with E-state index < -0.39 is 26.0 Å². The Kier molecular flexibility index (Phi) is 7.52. The Balaban J connectivity index is 1.57. The van der Waals surface area contributed by atoms with E-state index >= 15 is 0 Å². The molecule has 0 bridgehead atoms. The number of nitrogens with one attached hydrogen (secondary N) is 3. The summed E-state index contributed by atoms with van der Waals surface area (Å²) in [4.78, 5) is 12.3. The van der Waals surface area contributed by atoms with Gasteiger partial charge in [-0.05, 0) is 42.5 Å². The van der Waals surface area contributed by atoms with Gasteiger partial charge in [0.05, 0.1) is 15.6 Å². The standard InChI is InChI=1S/C21H20ClN3O5S2/c22-19-11-4-5-12-20(19)32(29,30)23-14-13-21(26)24-16-7-6-8-17(15-16)25-31(27,28)18-9-2-1-3-10-18/h1-12,15,23,25H,13-14H2,(H,24,26). The monoisotopic (exact) mass is 493 g/mol. The van der Waals surface area contributed by atoms with Crippen LogP contribution in [-0.2, 0) is 24.8 Å². The lowest BCUT2D eigenvalue weighted by Crippen LogP contribution is -2.28. The van der Waals surface area contributed by atoms with Gasteiger partial charge in [0, 0.05) is 18.7 Å². The number of halogens is 1. The first-order valence-corrected chi connectivity index (χ1v) is 12.7. The number of anilines is 2. The fraction of sp³-hybridized carbons (Fsp3) is 0.0952. The molecule has 0 aliphatic heterocycles. The second-order valence-electron chi connectivity index (χ2n) is 6.63. The van der Waals surface area contributed by atoms with Crippen molar-refractivity contribution in [2.24, 2.45) is 0 Å². The predicted octanol–water partition coefficient (Wildman–Crippen LogP) is 3.45. The third kappa shape index (κ3) is 6.30. The van der Waals surface area contributed by atoms with Gasteiger partial charge in [-0.1, -0.05) is 48.0 Å². The molecule has 3 aromatic carbocycles. The summed E-state index contributed by atoms with van der Waals surface area (Å²) in [7, 11) is -7.62. The van der Waals surface area contributed by atoms with Crippen molar-refractivity contribution in [1.82, 2.24) is 4.72 Å². The SMILES string of the molecule is O=C(CCNS(=O)(=O)c1ccccc1Cl)Nc1cccc(NS(=O)(=O)c2ccccc2)c1. The third-order valence-corrected chi connectivity index (χ3v) is 7.58. The van der Waals surface area contributed by atoms with E-state index in [9.17, 15) is 21.6 Å². The molecular formula is C21H20ClN3O5S2. The highest BCUT2D eigenvalue weighted by Crippen LogP contribution is 2.21. The van der Waals surface area contributed by atoms with Gasteiger partial charge in [-0.3, -0.25) is 9.52 Å². The Morgan fingerprint density at radius 3 is 2.16 bits per heavy atom. The van der Waals surface area contributed by atoms with Crippen molar-refractivity contribution >= 4 is 48.9 Å². The van der Waals surface area contributed by atoms with Gasteiger partial charge in [0.1, 0.15) is 4.90 Å². The van der Waals surface area contributed by atoms with Crippen LogP contribution in [0.3, 0.4) is 0 Å². The van der Waals surface area contributed by atoms with E-state index in [0.717, 1.165) is 0 Å². The van der Waals surface area contributed by atoms with Crippen LogP contribution in [0.1, 0.15) is 6.42 Å². The summed E-state index contributed by atoms with van der Waals surface area (Å²) in [5, 5.41) is 2.69. The average molecular weight is 494 g/mol. The number of sulfonamides is 2. The van der Waals surface area contributed by atoms with Crippen LogP contribution in [0.4, 0.5) is 11.4 Å². The Bertz CT molecular complexity index is 1310. The minimum atomic E-state index is -3.85. The van der Waals surface area contributed by atoms with Gasteiger partial charge in [0.15, 0.2) is 0 Å². The highest BCUT2D eigenvalue weighted by Gasteiger charge is 2.17. The zero-order valence-electron chi connectivity index (χ0n) is 16.7. The quantitative estimate of drug-likeness (QED) is 0.421. The maximum Gasteiger partial charge on any atom is 0.261 e. The van der Waals surface area contributed by atoms with Crippen LogP contribution >= 0.6 is 11.6 Å². The van der Waals surface area contributed by atoms with E-state index in [1.165, 1.54) is 30.3 Å². The molecule has 0 saturated carbocycles. The molecule has 1 amide bonds. The van der Waals surface area contributed by atoms with E-state index in [-0.39, 0.29) is 33.5 Å². The topological polar surface area (TPSA) is 121 Å². The second-order valence-corrected chi connectivity index (χ2v) is 10.5. The Labute approximate surface area is 191 Å². The number of rotatable bonds is 9. The average Bonchev–Trinajstić information content (AvgIpc) is 2.74. The van der Waals surface area contributed by atoms with Crippen molar-refractivity contribution in [3.8, 4) is 0 Å². The summed E-state index contributed by atoms with van der Waals surface area (Å²) in [6, 6.07) is 20.1. The molecule has 0 unspecified atom stereocenters. The Morgan fingerprint density at radius 1 is 0.781 bits per heavy atom. The van der Waals surface area contributed by atoms with Gasteiger partial charge in [-0.25, -0.2) is 21.6 Å². The van der Waals surface area contributed by atoms with Gasteiger partial charge in [-0.15, -0.1) is 0 Å². The molecule has 3 aromatic rings. The lowest BCUT2D eigenvalue weighted by Gasteiger charge is -2.11. The number of benzene rings is 3. The summed E-state index contributed by atoms with van der Waals surface area (Å²) >= 11 is 5.91. The lowest BCUT2D eigenvalue weighted by molar-refractivity contribution is -0.116. The summed E-state index contributed by atoms with van der Waals surface area (Å²) in [5.74, 6) is -0.449. The molecule has 0 aliphatic rings. The first-order valence-electron chi connectivity index (χ1n) is 9.39. The van der Waals surface area contributed by atoms with E-state index in [0.29, 0.717) is 5.69 Å². The van der Waals surface area contributed by atoms with E-state index in [2.05, 4.69) is 14.8 Å². The predicted molar refractivity (Wildman–Crippen MR) is 124 cm³/mol. The first kappa shape index (κ1) is 23.7. The van der Waals surface area contributed by atoms with Crippen molar-refractivity contribution < 1.29 is 21.6 Å². The highest BCUT2D eigenvalue weighted by molar-refractivity contribution is 7.92. The molecule has 0 fully saturated rings. The number of hydrogen-bond acceptors (Lipinski definition) is 5. The van der Waals surface area contributed by atoms with E-state index in [1.54, 1.807) is 48.5 Å². The van der Waals surface area contributed by atoms with E-state index in [1.807, 2.05) is 0 Å². The van der Waals surface area contributed by atoms with Crippen LogP contribution < -0.4 is 14.8 Å². The van der Waals surface area contributed by atoms with Crippen molar-refractivity contribution in [3.63, 3.8) is 0 Å². The van der Waals surface area contributed by atoms with Crippen LogP contribution in [0.2, 0.25) is 5.02 Å². The highest BCUT2D eigenvalue weighted by atomic mass is 35.5. The zero-order chi connectivity index (χ0) is 23.2. The van der Waals surface area contributed by atoms with Gasteiger partial charge in [0.25, 0.3) is 10.0 Å². The molecule has 0 spiro atoms. The van der Waals surface area contributed by atoms with Crippen molar-refractivity contribution in [1.29, 1.82) is 0 Å². The summed E-state index contributed by atoms with van der Waals surface area (Å²) < 4.78 is 54.2. The molecule has 32 heavy (non-hydrogen) atoms. The smallest absolute Gasteiger partial charge is 0.261 e. The molecular weight excluding hydrogens is 474 g/mol. The summed E-state index contributed by atoms with van der Waals surface area (Å²) in [6.07, 6.45) is -0.135. The van der Waals surface area contributed by atoms with Crippen molar-refractivity contribution in [3.05, 3.63) is 83.9 Å². The molecule has 0 saturated heterocycles. The number of carbonyl (C=O) groups excluding carboxylic acids is 1. The number of hydrogen-bond donors (Lipinski definition) is 3. The number of carbonyl (C=O) groups is 1. The van der Waals surface area contributed by atoms with Gasteiger partial charge in [0.2, 0.25) is 15.9 Å². The van der Waals surface area contributed by atoms with Crippen LogP contribution in [0.15, 0.2) is 88.7 Å². The second kappa shape index (κ2) is 10.1. The third-order valence-electron chi connectivity index (χ3n) is 4.22. The van der Waals surface area contributed by atoms with Crippen LogP contribution in [0.25, 0.3) is 0 Å². The minimum Gasteiger partial charge on any atom is -0.326 e. The molecule has 0 aliphatic carbocycles. The van der Waals surface area contributed by atoms with Gasteiger partial charge >= 0.3 is 0 Å². The normalized spacial score (nSPS) is 11.7. The first-order chi connectivity index (χ1) is 15.2. The fourth-order valence-electron chi connectivity index (χ4n) is 2.74. The summed E-state index contributed by atoms with van der Waals surface area (Å²) in [6.45, 7) is -0.139. The zero-order valence-corrected chi connectivity index (χ0v) is 19.0. The maximum absolute atomic E-state index is 12.4. The van der Waals surface area contributed by atoms with Crippen LogP contribution in [-0.4, -0.2) is 29.3 Å². The molecule has 0 heterocycles. The molecule has 0 aromatic heterocycles. The molecule has 8 nitrogen and oxygen atoms in total. The van der Waals surface area contributed by atoms with Crippen LogP contribution in [0.5, 0.6) is 0 Å². The minimum absolute atomic E-state index is 0.0690. The van der Waals surface area contributed by atoms with Crippen LogP contribution in [0, 0.1) is 0 Å². The van der Waals surface area contributed by atoms with Crippen molar-refractivity contribution in [2.75, 3.05) is 16.6 Å². The van der Waals surface area contributed by atoms with Gasteiger partial charge < -0.3 is 5.32 Å². The van der Waals surface area contributed by atoms with Crippen molar-refractivity contribution in [2.45, 2.75) is 16.2 Å². The maximum atomic E-state index is 12.4. The molecule has 3 rings (SSSR count). The molecule has 0 atom stereocenters.